The maximum absolute atomic E-state index is 13.0. The lowest BCUT2D eigenvalue weighted by Gasteiger charge is -2.29. The van der Waals surface area contributed by atoms with Crippen LogP contribution in [0.2, 0.25) is 0 Å². The van der Waals surface area contributed by atoms with E-state index in [1.165, 1.54) is 5.56 Å². The Morgan fingerprint density at radius 3 is 2.62 bits per heavy atom. The third kappa shape index (κ3) is 4.96. The fraction of sp³-hybridized carbons (Fsp3) is 0.467. The zero-order valence-corrected chi connectivity index (χ0v) is 21.6. The van der Waals surface area contributed by atoms with Crippen molar-refractivity contribution in [2.45, 2.75) is 44.9 Å². The van der Waals surface area contributed by atoms with Crippen molar-refractivity contribution in [3.8, 4) is 11.8 Å². The smallest absolute Gasteiger partial charge is 0.229 e. The molecule has 2 saturated heterocycles. The first-order chi connectivity index (χ1) is 18.0. The molecule has 2 aliphatic heterocycles. The van der Waals surface area contributed by atoms with Gasteiger partial charge in [0.05, 0.1) is 5.56 Å². The van der Waals surface area contributed by atoms with Gasteiger partial charge in [-0.1, -0.05) is 12.0 Å². The Hall–Kier alpha value is -3.34. The second-order valence-corrected chi connectivity index (χ2v) is 10.9. The van der Waals surface area contributed by atoms with Crippen LogP contribution in [0.15, 0.2) is 36.8 Å². The van der Waals surface area contributed by atoms with Gasteiger partial charge in [0.25, 0.3) is 0 Å². The monoisotopic (exact) mass is 495 g/mol. The van der Waals surface area contributed by atoms with Crippen LogP contribution in [0.5, 0.6) is 0 Å². The Morgan fingerprint density at radius 2 is 1.86 bits per heavy atom. The van der Waals surface area contributed by atoms with Gasteiger partial charge in [-0.05, 0) is 94.1 Å². The van der Waals surface area contributed by atoms with Gasteiger partial charge in [-0.3, -0.25) is 9.78 Å². The summed E-state index contributed by atoms with van der Waals surface area (Å²) in [5, 5.41) is 4.96. The molecule has 5 heterocycles. The summed E-state index contributed by atoms with van der Waals surface area (Å²) in [5.41, 5.74) is 3.85. The normalized spacial score (nSPS) is 21.4. The maximum Gasteiger partial charge on any atom is 0.229 e. The molecule has 3 aromatic heterocycles. The Kier molecular flexibility index (Phi) is 6.39. The van der Waals surface area contributed by atoms with E-state index in [1.807, 2.05) is 25.3 Å². The van der Waals surface area contributed by atoms with Crippen LogP contribution in [0.1, 0.15) is 60.5 Å². The van der Waals surface area contributed by atoms with Gasteiger partial charge in [0.15, 0.2) is 0 Å². The highest BCUT2D eigenvalue weighted by Gasteiger charge is 2.58. The zero-order valence-electron chi connectivity index (χ0n) is 21.6. The molecule has 3 aromatic rings. The van der Waals surface area contributed by atoms with E-state index in [4.69, 9.17) is 4.74 Å². The molecule has 3 aliphatic rings. The first-order valence-electron chi connectivity index (χ1n) is 13.3. The van der Waals surface area contributed by atoms with E-state index >= 15 is 0 Å². The van der Waals surface area contributed by atoms with Crippen molar-refractivity contribution in [2.24, 2.45) is 11.3 Å². The van der Waals surface area contributed by atoms with Gasteiger partial charge in [0.1, 0.15) is 11.5 Å². The van der Waals surface area contributed by atoms with Crippen LogP contribution in [0.25, 0.3) is 10.8 Å². The number of hydrogen-bond donors (Lipinski definition) is 1. The molecule has 7 nitrogen and oxygen atoms in total. The standard InChI is InChI=1S/C30H33N5O2/c1-20-26-19-33-28(34-29(36)27-16-30(27)9-11-35(2)12-10-30)15-25(26)23(18-31-20)4-6-24-5-3-22(17-32-24)21-7-13-37-14-8-21/h3,5,15,17-19,21,27H,7-14,16H2,1-2H3,(H,33,34,36). The molecule has 7 heteroatoms. The summed E-state index contributed by atoms with van der Waals surface area (Å²) < 4.78 is 5.47. The number of rotatable bonds is 3. The van der Waals surface area contributed by atoms with Crippen LogP contribution < -0.4 is 5.32 Å². The van der Waals surface area contributed by atoms with Crippen LogP contribution in [0, 0.1) is 30.1 Å². The van der Waals surface area contributed by atoms with Crippen molar-refractivity contribution in [3.63, 3.8) is 0 Å². The quantitative estimate of drug-likeness (QED) is 0.546. The van der Waals surface area contributed by atoms with E-state index in [-0.39, 0.29) is 17.2 Å². The van der Waals surface area contributed by atoms with E-state index in [2.05, 4.69) is 50.1 Å². The average molecular weight is 496 g/mol. The molecule has 1 aliphatic carbocycles. The number of ether oxygens (including phenoxy) is 1. The van der Waals surface area contributed by atoms with Gasteiger partial charge in [0, 0.05) is 54.2 Å². The summed E-state index contributed by atoms with van der Waals surface area (Å²) in [4.78, 5) is 29.0. The number of piperidine rings is 1. The molecule has 6 rings (SSSR count). The van der Waals surface area contributed by atoms with E-state index < -0.39 is 0 Å². The van der Waals surface area contributed by atoms with Crippen molar-refractivity contribution in [2.75, 3.05) is 38.7 Å². The molecule has 1 spiro atoms. The van der Waals surface area contributed by atoms with Crippen molar-refractivity contribution in [1.29, 1.82) is 0 Å². The molecule has 1 saturated carbocycles. The fourth-order valence-electron chi connectivity index (χ4n) is 5.87. The minimum absolute atomic E-state index is 0.0867. The lowest BCUT2D eigenvalue weighted by molar-refractivity contribution is -0.118. The van der Waals surface area contributed by atoms with Crippen molar-refractivity contribution < 1.29 is 9.53 Å². The van der Waals surface area contributed by atoms with Gasteiger partial charge >= 0.3 is 0 Å². The average Bonchev–Trinajstić information content (AvgIpc) is 3.64. The molecule has 1 atom stereocenters. The lowest BCUT2D eigenvalue weighted by atomic mass is 9.91. The predicted octanol–water partition coefficient (Wildman–Crippen LogP) is 4.30. The number of nitrogens with zero attached hydrogens (tertiary/aromatic N) is 4. The zero-order chi connectivity index (χ0) is 25.4. The molecule has 3 fully saturated rings. The summed E-state index contributed by atoms with van der Waals surface area (Å²) in [6.45, 7) is 5.73. The summed E-state index contributed by atoms with van der Waals surface area (Å²) in [6.07, 6.45) is 10.8. The topological polar surface area (TPSA) is 80.2 Å². The number of amides is 1. The Balaban J connectivity index is 1.20. The van der Waals surface area contributed by atoms with Crippen LogP contribution in [-0.4, -0.2) is 59.1 Å². The van der Waals surface area contributed by atoms with Crippen LogP contribution in [-0.2, 0) is 9.53 Å². The summed E-state index contributed by atoms with van der Waals surface area (Å²) in [6, 6.07) is 6.05. The first kappa shape index (κ1) is 24.0. The van der Waals surface area contributed by atoms with Gasteiger partial charge in [-0.25, -0.2) is 9.97 Å². The number of anilines is 1. The number of hydrogen-bond acceptors (Lipinski definition) is 6. The largest absolute Gasteiger partial charge is 0.381 e. The van der Waals surface area contributed by atoms with Crippen LogP contribution in [0.3, 0.4) is 0 Å². The molecule has 1 unspecified atom stereocenters. The summed E-state index contributed by atoms with van der Waals surface area (Å²) in [5.74, 6) is 7.71. The summed E-state index contributed by atoms with van der Waals surface area (Å²) in [7, 11) is 2.15. The highest BCUT2D eigenvalue weighted by atomic mass is 16.5. The Bertz CT molecular complexity index is 1380. The van der Waals surface area contributed by atoms with Crippen molar-refractivity contribution in [1.82, 2.24) is 19.9 Å². The van der Waals surface area contributed by atoms with Gasteiger partial charge in [0.2, 0.25) is 5.91 Å². The number of carbonyl (C=O) groups excluding carboxylic acids is 1. The van der Waals surface area contributed by atoms with E-state index in [1.54, 1.807) is 12.4 Å². The molecule has 1 amide bonds. The minimum atomic E-state index is 0.0867. The molecule has 190 valence electrons. The number of nitrogens with one attached hydrogen (secondary N) is 1. The minimum Gasteiger partial charge on any atom is -0.381 e. The SMILES string of the molecule is Cc1ncc(C#Cc2ccc(C3CCOCC3)cn2)c2cc(NC(=O)C3CC34CCN(C)CC4)ncc12. The molecule has 1 N–H and O–H groups in total. The molecular formula is C30H33N5O2. The number of aromatic nitrogens is 3. The van der Waals surface area contributed by atoms with Crippen molar-refractivity contribution in [3.05, 3.63) is 59.3 Å². The number of likely N-dealkylation sites (tertiary alicyclic amines) is 1. The fourth-order valence-corrected chi connectivity index (χ4v) is 5.87. The Labute approximate surface area is 218 Å². The number of fused-ring (bicyclic) bond motifs is 1. The Morgan fingerprint density at radius 1 is 1.05 bits per heavy atom. The lowest BCUT2D eigenvalue weighted by Crippen LogP contribution is -2.33. The predicted molar refractivity (Wildman–Crippen MR) is 143 cm³/mol. The molecule has 0 bridgehead atoms. The van der Waals surface area contributed by atoms with E-state index in [0.717, 1.165) is 86.1 Å². The number of pyridine rings is 3. The van der Waals surface area contributed by atoms with Crippen LogP contribution in [0.4, 0.5) is 5.82 Å². The second kappa shape index (κ2) is 9.85. The molecule has 0 radical (unpaired) electrons. The molecule has 0 aromatic carbocycles. The molecule has 37 heavy (non-hydrogen) atoms. The van der Waals surface area contributed by atoms with Gasteiger partial charge < -0.3 is 15.0 Å². The summed E-state index contributed by atoms with van der Waals surface area (Å²) >= 11 is 0. The number of carbonyl (C=O) groups is 1. The van der Waals surface area contributed by atoms with E-state index in [9.17, 15) is 4.79 Å². The van der Waals surface area contributed by atoms with Gasteiger partial charge in [-0.15, -0.1) is 0 Å². The highest BCUT2D eigenvalue weighted by molar-refractivity contribution is 5.97. The van der Waals surface area contributed by atoms with Crippen molar-refractivity contribution >= 4 is 22.5 Å². The third-order valence-electron chi connectivity index (χ3n) is 8.52. The first-order valence-corrected chi connectivity index (χ1v) is 13.3. The van der Waals surface area contributed by atoms with Crippen LogP contribution >= 0.6 is 0 Å². The molecular weight excluding hydrogens is 462 g/mol. The van der Waals surface area contributed by atoms with E-state index in [0.29, 0.717) is 11.7 Å². The second-order valence-electron chi connectivity index (χ2n) is 10.9. The number of aryl methyl sites for hydroxylation is 1. The highest BCUT2D eigenvalue weighted by Crippen LogP contribution is 2.59. The van der Waals surface area contributed by atoms with Gasteiger partial charge in [-0.2, -0.15) is 0 Å². The maximum atomic E-state index is 13.0. The third-order valence-corrected chi connectivity index (χ3v) is 8.52.